The number of halogens is 1. The predicted molar refractivity (Wildman–Crippen MR) is 239 cm³/mol. The van der Waals surface area contributed by atoms with Gasteiger partial charge in [-0.3, -0.25) is 29.4 Å². The number of allylic oxidation sites excluding steroid dienone is 3. The van der Waals surface area contributed by atoms with Crippen LogP contribution in [0.15, 0.2) is 35.9 Å². The van der Waals surface area contributed by atoms with Crippen molar-refractivity contribution >= 4 is 64.7 Å². The number of nitrogens with one attached hydrogen (secondary N) is 2. The van der Waals surface area contributed by atoms with E-state index >= 15 is 0 Å². The van der Waals surface area contributed by atoms with Crippen molar-refractivity contribution in [1.82, 2.24) is 20.4 Å². The summed E-state index contributed by atoms with van der Waals surface area (Å²) in [6, 6.07) is 2.46. The van der Waals surface area contributed by atoms with Gasteiger partial charge >= 0.3 is 12.1 Å². The second kappa shape index (κ2) is 20.1. The number of carbonyl (C=O) groups excluding carboxylic acids is 6. The maximum Gasteiger partial charge on any atom is 0.409 e. The van der Waals surface area contributed by atoms with Gasteiger partial charge in [-0.2, -0.15) is 0 Å². The zero-order valence-electron chi connectivity index (χ0n) is 37.9. The van der Waals surface area contributed by atoms with Crippen LogP contribution in [0.25, 0.3) is 0 Å². The first-order valence-corrected chi connectivity index (χ1v) is 23.2. The van der Waals surface area contributed by atoms with Crippen molar-refractivity contribution in [3.8, 4) is 5.75 Å². The molecule has 0 aromatic heterocycles. The molecule has 19 heteroatoms. The Morgan fingerprint density at radius 2 is 1.80 bits per heavy atom. The lowest BCUT2D eigenvalue weighted by Gasteiger charge is -2.59. The van der Waals surface area contributed by atoms with Crippen molar-refractivity contribution in [3.05, 3.63) is 46.5 Å². The smallest absolute Gasteiger partial charge is 0.409 e. The molecule has 6 bridgehead atoms. The normalized spacial score (nSPS) is 32.1. The van der Waals surface area contributed by atoms with E-state index in [9.17, 15) is 33.9 Å². The zero-order valence-corrected chi connectivity index (χ0v) is 39.5. The number of ether oxygens (including phenoxy) is 5. The highest BCUT2D eigenvalue weighted by Crippen LogP contribution is 2.50. The first kappa shape index (κ1) is 49.2. The van der Waals surface area contributed by atoms with Crippen molar-refractivity contribution in [3.63, 3.8) is 0 Å². The number of thioether (sulfide) groups is 1. The molecule has 1 aromatic carbocycles. The Labute approximate surface area is 383 Å². The number of aliphatic hydroxyl groups is 1. The van der Waals surface area contributed by atoms with E-state index in [2.05, 4.69) is 10.6 Å². The van der Waals surface area contributed by atoms with Gasteiger partial charge in [-0.25, -0.2) is 9.59 Å². The number of esters is 1. The van der Waals surface area contributed by atoms with E-state index in [-0.39, 0.29) is 66.5 Å². The van der Waals surface area contributed by atoms with Crippen LogP contribution in [0.1, 0.15) is 78.2 Å². The summed E-state index contributed by atoms with van der Waals surface area (Å²) in [5.74, 6) is -1.20. The molecule has 6 heterocycles. The molecule has 0 spiro atoms. The van der Waals surface area contributed by atoms with Crippen LogP contribution in [0, 0.1) is 5.92 Å². The number of rotatable bonds is 11. The molecule has 0 radical (unpaired) electrons. The Bertz CT molecular complexity index is 2040. The summed E-state index contributed by atoms with van der Waals surface area (Å²) in [7, 11) is 5.92. The van der Waals surface area contributed by atoms with Gasteiger partial charge in [-0.05, 0) is 83.7 Å². The number of methoxy groups -OCH3 is 2. The van der Waals surface area contributed by atoms with E-state index < -0.39 is 64.5 Å². The maximum absolute atomic E-state index is 14.3. The summed E-state index contributed by atoms with van der Waals surface area (Å²) >= 11 is 8.06. The molecule has 64 heavy (non-hydrogen) atoms. The summed E-state index contributed by atoms with van der Waals surface area (Å²) < 4.78 is 29.7. The molecule has 0 saturated carbocycles. The largest absolute Gasteiger partial charge is 0.495 e. The molecular formula is C45H62ClN5O12S. The van der Waals surface area contributed by atoms with E-state index in [4.69, 9.17) is 35.3 Å². The Hall–Kier alpha value is -4.20. The third kappa shape index (κ3) is 10.7. The van der Waals surface area contributed by atoms with Crippen LogP contribution in [-0.2, 0) is 49.3 Å². The lowest BCUT2D eigenvalue weighted by molar-refractivity contribution is -0.328. The maximum atomic E-state index is 14.3. The number of carbonyl (C=O) groups is 6. The number of nitrogens with zero attached hydrogens (tertiary/aromatic N) is 3. The molecule has 1 aromatic rings. The first-order valence-electron chi connectivity index (χ1n) is 21.7. The van der Waals surface area contributed by atoms with E-state index in [1.54, 1.807) is 45.2 Å². The van der Waals surface area contributed by atoms with Crippen molar-refractivity contribution in [2.24, 2.45) is 5.92 Å². The Balaban J connectivity index is 1.19. The van der Waals surface area contributed by atoms with Crippen LogP contribution in [0.4, 0.5) is 10.5 Å². The summed E-state index contributed by atoms with van der Waals surface area (Å²) in [5, 5.41) is 17.3. The van der Waals surface area contributed by atoms with Crippen molar-refractivity contribution in [1.29, 1.82) is 0 Å². The summed E-state index contributed by atoms with van der Waals surface area (Å²) in [5.41, 5.74) is -2.35. The van der Waals surface area contributed by atoms with Gasteiger partial charge in [0, 0.05) is 59.2 Å². The van der Waals surface area contributed by atoms with Crippen LogP contribution in [-0.4, -0.2) is 151 Å². The number of piperidine rings is 1. The molecule has 3 unspecified atom stereocenters. The van der Waals surface area contributed by atoms with Crippen LogP contribution in [0.2, 0.25) is 5.02 Å². The van der Waals surface area contributed by atoms with Crippen LogP contribution >= 0.6 is 23.4 Å². The molecule has 8 atom stereocenters. The molecule has 4 fully saturated rings. The van der Waals surface area contributed by atoms with Gasteiger partial charge < -0.3 is 43.9 Å². The molecule has 5 amide bonds. The summed E-state index contributed by atoms with van der Waals surface area (Å²) in [4.78, 5) is 84.7. The lowest BCUT2D eigenvalue weighted by atomic mass is 9.72. The zero-order chi connectivity index (χ0) is 46.7. The van der Waals surface area contributed by atoms with Gasteiger partial charge in [0.15, 0.2) is 5.72 Å². The quantitative estimate of drug-likeness (QED) is 0.213. The molecule has 0 aliphatic carbocycles. The highest BCUT2D eigenvalue weighted by molar-refractivity contribution is 8.00. The standard InChI is InChI=1S/C45H62ClN5O12S/c1-26-10-9-11-33(60-8)45(58)23-35(62-42(57)48-45)44(4)25-43(3,63-44)34(22-37(53)50(6)30-19-29(18-26)20-31(59-7)39(30)46)61-41(56)27(2)49(5)36(52)14-17-64-32-21-38(54)51(40(32)55)24-28-12-15-47-16-13-28/h9-11,19-20,27-28,32-35,47,58H,12-18,21-25H2,1-8H3,(H,48,57)/b11-9+,26-10+/t27-,32?,33+,34-,35?,43+,44?,45-/m0/s1. The van der Waals surface area contributed by atoms with Crippen LogP contribution in [0.3, 0.4) is 0 Å². The molecular weight excluding hydrogens is 870 g/mol. The van der Waals surface area contributed by atoms with Crippen LogP contribution in [0.5, 0.6) is 5.75 Å². The number of anilines is 1. The van der Waals surface area contributed by atoms with E-state index in [1.165, 1.54) is 54.7 Å². The number of hydrogen-bond donors (Lipinski definition) is 3. The predicted octanol–water partition coefficient (Wildman–Crippen LogP) is 3.91. The van der Waals surface area contributed by atoms with Gasteiger partial charge in [0.1, 0.15) is 46.3 Å². The third-order valence-corrected chi connectivity index (χ3v) is 14.8. The molecule has 6 aliphatic rings. The summed E-state index contributed by atoms with van der Waals surface area (Å²) in [6.45, 7) is 8.95. The lowest BCUT2D eigenvalue weighted by Crippen LogP contribution is -2.72. The number of amides is 5. The second-order valence-electron chi connectivity index (χ2n) is 18.0. The topological polar surface area (TPSA) is 203 Å². The van der Waals surface area contributed by atoms with E-state index in [0.717, 1.165) is 37.1 Å². The fourth-order valence-corrected chi connectivity index (χ4v) is 10.7. The fraction of sp³-hybridized carbons (Fsp3) is 0.644. The minimum atomic E-state index is -1.89. The third-order valence-electron chi connectivity index (χ3n) is 13.2. The minimum absolute atomic E-state index is 0.00340. The van der Waals surface area contributed by atoms with Gasteiger partial charge in [-0.15, -0.1) is 11.8 Å². The van der Waals surface area contributed by atoms with Crippen molar-refractivity contribution in [2.75, 3.05) is 58.6 Å². The number of benzene rings is 1. The number of likely N-dealkylation sites (tertiary alicyclic amines) is 1. The molecule has 7 rings (SSSR count). The molecule has 3 N–H and O–H groups in total. The molecule has 17 nitrogen and oxygen atoms in total. The Morgan fingerprint density at radius 3 is 2.47 bits per heavy atom. The van der Waals surface area contributed by atoms with Gasteiger partial charge in [-0.1, -0.05) is 35.4 Å². The number of likely N-dealkylation sites (N-methyl/N-ethyl adjacent to an activating group) is 1. The molecule has 6 aliphatic heterocycles. The average molecular weight is 933 g/mol. The number of hydrogen-bond acceptors (Lipinski definition) is 14. The molecule has 352 valence electrons. The number of alkyl carbamates (subject to hydrolysis) is 1. The Morgan fingerprint density at radius 1 is 1.09 bits per heavy atom. The van der Waals surface area contributed by atoms with Gasteiger partial charge in [0.25, 0.3) is 0 Å². The van der Waals surface area contributed by atoms with E-state index in [0.29, 0.717) is 24.4 Å². The fourth-order valence-electron chi connectivity index (χ4n) is 9.27. The highest BCUT2D eigenvalue weighted by Gasteiger charge is 2.63. The van der Waals surface area contributed by atoms with Crippen LogP contribution < -0.4 is 20.3 Å². The summed E-state index contributed by atoms with van der Waals surface area (Å²) in [6.07, 6.45) is 3.09. The minimum Gasteiger partial charge on any atom is -0.495 e. The number of fused-ring (bicyclic) bond motifs is 6. The van der Waals surface area contributed by atoms with Gasteiger partial charge in [0.2, 0.25) is 23.6 Å². The van der Waals surface area contributed by atoms with Crippen molar-refractivity contribution < 1.29 is 57.6 Å². The second-order valence-corrected chi connectivity index (χ2v) is 19.7. The Kier molecular flexibility index (Phi) is 15.5. The first-order chi connectivity index (χ1) is 30.2. The SMILES string of the molecule is COc1cc2cc(c1Cl)N(C)C(=O)C[C@H](OC(=O)[C@H](C)N(C)C(=O)CCSC1CC(=O)N(CC3CCNCC3)C1=O)[C@@]1(C)CC(C)(O1)C1C[C@@](O)(NC(=O)O1)[C@H](OC)/C=C/C=C(\C)C2. The van der Waals surface area contributed by atoms with E-state index in [1.807, 2.05) is 13.0 Å². The highest BCUT2D eigenvalue weighted by atomic mass is 35.5. The van der Waals surface area contributed by atoms with Crippen molar-refractivity contribution in [2.45, 2.75) is 126 Å². The monoisotopic (exact) mass is 931 g/mol. The average Bonchev–Trinajstić information content (AvgIpc) is 3.50. The van der Waals surface area contributed by atoms with Gasteiger partial charge in [0.05, 0.1) is 24.5 Å². The molecule has 4 saturated heterocycles. The number of imide groups is 1.